The Morgan fingerprint density at radius 2 is 1.93 bits per heavy atom. The first-order valence-electron chi connectivity index (χ1n) is 5.09. The van der Waals surface area contributed by atoms with Crippen LogP contribution in [0.1, 0.15) is 13.8 Å². The Morgan fingerprint density at radius 1 is 1.27 bits per heavy atom. The SMILES string of the molecule is CC(C)COc1cc(F)cc(N(C)C)c1. The lowest BCUT2D eigenvalue weighted by atomic mass is 10.2. The van der Waals surface area contributed by atoms with Gasteiger partial charge in [0.15, 0.2) is 0 Å². The molecule has 0 spiro atoms. The van der Waals surface area contributed by atoms with Gasteiger partial charge in [-0.05, 0) is 12.0 Å². The number of ether oxygens (including phenoxy) is 1. The first-order chi connectivity index (χ1) is 6.99. The number of hydrogen-bond acceptors (Lipinski definition) is 2. The molecule has 0 amide bonds. The van der Waals surface area contributed by atoms with Crippen LogP contribution in [0.4, 0.5) is 10.1 Å². The number of anilines is 1. The third-order valence-corrected chi connectivity index (χ3v) is 1.96. The zero-order valence-electron chi connectivity index (χ0n) is 9.75. The molecule has 0 aromatic heterocycles. The average molecular weight is 211 g/mol. The van der Waals surface area contributed by atoms with Crippen LogP contribution < -0.4 is 9.64 Å². The molecule has 0 N–H and O–H groups in total. The van der Waals surface area contributed by atoms with Crippen LogP contribution in [-0.2, 0) is 0 Å². The first kappa shape index (κ1) is 11.8. The van der Waals surface area contributed by atoms with Crippen molar-refractivity contribution in [3.63, 3.8) is 0 Å². The summed E-state index contributed by atoms with van der Waals surface area (Å²) in [6.45, 7) is 4.73. The lowest BCUT2D eigenvalue weighted by molar-refractivity contribution is 0.270. The van der Waals surface area contributed by atoms with Crippen LogP contribution >= 0.6 is 0 Å². The van der Waals surface area contributed by atoms with Crippen LogP contribution in [-0.4, -0.2) is 20.7 Å². The van der Waals surface area contributed by atoms with Crippen LogP contribution in [0.15, 0.2) is 18.2 Å². The number of halogens is 1. The van der Waals surface area contributed by atoms with E-state index in [0.29, 0.717) is 18.3 Å². The molecule has 15 heavy (non-hydrogen) atoms. The quantitative estimate of drug-likeness (QED) is 0.759. The van der Waals surface area contributed by atoms with Gasteiger partial charge < -0.3 is 9.64 Å². The Labute approximate surface area is 90.7 Å². The zero-order valence-corrected chi connectivity index (χ0v) is 9.75. The smallest absolute Gasteiger partial charge is 0.128 e. The molecule has 0 aliphatic heterocycles. The molecule has 2 nitrogen and oxygen atoms in total. The van der Waals surface area contributed by atoms with E-state index in [4.69, 9.17) is 4.74 Å². The van der Waals surface area contributed by atoms with Crippen LogP contribution in [0.25, 0.3) is 0 Å². The predicted octanol–water partition coefficient (Wildman–Crippen LogP) is 2.93. The van der Waals surface area contributed by atoms with Crippen LogP contribution in [0.2, 0.25) is 0 Å². The van der Waals surface area contributed by atoms with Crippen molar-refractivity contribution >= 4 is 5.69 Å². The van der Waals surface area contributed by atoms with E-state index in [1.165, 1.54) is 12.1 Å². The van der Waals surface area contributed by atoms with E-state index in [2.05, 4.69) is 13.8 Å². The summed E-state index contributed by atoms with van der Waals surface area (Å²) in [5, 5.41) is 0. The van der Waals surface area contributed by atoms with E-state index in [1.807, 2.05) is 25.1 Å². The number of hydrogen-bond donors (Lipinski definition) is 0. The van der Waals surface area contributed by atoms with Gasteiger partial charge in [-0.1, -0.05) is 13.8 Å². The fourth-order valence-electron chi connectivity index (χ4n) is 1.15. The van der Waals surface area contributed by atoms with Gasteiger partial charge in [-0.15, -0.1) is 0 Å². The van der Waals surface area contributed by atoms with Crippen molar-refractivity contribution in [1.29, 1.82) is 0 Å². The standard InChI is InChI=1S/C12H18FNO/c1-9(2)8-15-12-6-10(13)5-11(7-12)14(3)4/h5-7,9H,8H2,1-4H3. The molecule has 84 valence electrons. The second kappa shape index (κ2) is 5.01. The molecule has 0 atom stereocenters. The molecule has 0 radical (unpaired) electrons. The molecule has 3 heteroatoms. The molecule has 0 saturated heterocycles. The van der Waals surface area contributed by atoms with Crippen LogP contribution in [0.5, 0.6) is 5.75 Å². The summed E-state index contributed by atoms with van der Waals surface area (Å²) >= 11 is 0. The van der Waals surface area contributed by atoms with Crippen LogP contribution in [0, 0.1) is 11.7 Å². The molecule has 0 aliphatic rings. The van der Waals surface area contributed by atoms with Gasteiger partial charge in [0.25, 0.3) is 0 Å². The highest BCUT2D eigenvalue weighted by atomic mass is 19.1. The summed E-state index contributed by atoms with van der Waals surface area (Å²) in [6, 6.07) is 4.74. The number of rotatable bonds is 4. The highest BCUT2D eigenvalue weighted by Crippen LogP contribution is 2.22. The fourth-order valence-corrected chi connectivity index (χ4v) is 1.15. The zero-order chi connectivity index (χ0) is 11.4. The van der Waals surface area contributed by atoms with Gasteiger partial charge in [-0.2, -0.15) is 0 Å². The van der Waals surface area contributed by atoms with E-state index in [-0.39, 0.29) is 5.82 Å². The summed E-state index contributed by atoms with van der Waals surface area (Å²) in [7, 11) is 3.75. The van der Waals surface area contributed by atoms with Crippen LogP contribution in [0.3, 0.4) is 0 Å². The largest absolute Gasteiger partial charge is 0.493 e. The maximum Gasteiger partial charge on any atom is 0.128 e. The van der Waals surface area contributed by atoms with Crippen molar-refractivity contribution in [3.8, 4) is 5.75 Å². The van der Waals surface area contributed by atoms with Gasteiger partial charge >= 0.3 is 0 Å². The van der Waals surface area contributed by atoms with Crippen molar-refractivity contribution in [1.82, 2.24) is 0 Å². The summed E-state index contributed by atoms with van der Waals surface area (Å²) in [4.78, 5) is 1.85. The summed E-state index contributed by atoms with van der Waals surface area (Å²) in [5.41, 5.74) is 0.814. The molecule has 1 aromatic rings. The van der Waals surface area contributed by atoms with Crippen molar-refractivity contribution in [2.45, 2.75) is 13.8 Å². The Kier molecular flexibility index (Phi) is 3.95. The third-order valence-electron chi connectivity index (χ3n) is 1.96. The van der Waals surface area contributed by atoms with Gasteiger partial charge in [0.1, 0.15) is 11.6 Å². The second-order valence-electron chi connectivity index (χ2n) is 4.24. The fraction of sp³-hybridized carbons (Fsp3) is 0.500. The molecule has 1 rings (SSSR count). The molecule has 0 bridgehead atoms. The molecule has 0 heterocycles. The Morgan fingerprint density at radius 3 is 2.47 bits per heavy atom. The molecule has 0 unspecified atom stereocenters. The van der Waals surface area contributed by atoms with E-state index >= 15 is 0 Å². The first-order valence-corrected chi connectivity index (χ1v) is 5.09. The maximum absolute atomic E-state index is 13.2. The highest BCUT2D eigenvalue weighted by molar-refractivity contribution is 5.49. The minimum atomic E-state index is -0.264. The highest BCUT2D eigenvalue weighted by Gasteiger charge is 2.04. The van der Waals surface area contributed by atoms with E-state index in [1.54, 1.807) is 0 Å². The van der Waals surface area contributed by atoms with Gasteiger partial charge in [-0.3, -0.25) is 0 Å². The lowest BCUT2D eigenvalue weighted by Gasteiger charge is -2.15. The number of nitrogens with zero attached hydrogens (tertiary/aromatic N) is 1. The average Bonchev–Trinajstić information content (AvgIpc) is 2.13. The minimum absolute atomic E-state index is 0.264. The molecular formula is C12H18FNO. The number of benzene rings is 1. The maximum atomic E-state index is 13.2. The van der Waals surface area contributed by atoms with Gasteiger partial charge in [0.05, 0.1) is 6.61 Å². The van der Waals surface area contributed by atoms with Gasteiger partial charge in [0.2, 0.25) is 0 Å². The molecule has 0 fully saturated rings. The van der Waals surface area contributed by atoms with Crippen molar-refractivity contribution in [2.75, 3.05) is 25.6 Å². The third kappa shape index (κ3) is 3.78. The minimum Gasteiger partial charge on any atom is -0.493 e. The van der Waals surface area contributed by atoms with E-state index in [0.717, 1.165) is 5.69 Å². The van der Waals surface area contributed by atoms with Crippen molar-refractivity contribution in [2.24, 2.45) is 5.92 Å². The lowest BCUT2D eigenvalue weighted by Crippen LogP contribution is -2.10. The predicted molar refractivity (Wildman–Crippen MR) is 61.1 cm³/mol. The summed E-state index contributed by atoms with van der Waals surface area (Å²) in [5.74, 6) is 0.767. The molecule has 0 saturated carbocycles. The second-order valence-corrected chi connectivity index (χ2v) is 4.24. The molecule has 0 aliphatic carbocycles. The van der Waals surface area contributed by atoms with Gasteiger partial charge in [-0.25, -0.2) is 4.39 Å². The van der Waals surface area contributed by atoms with Gasteiger partial charge in [0, 0.05) is 31.9 Å². The summed E-state index contributed by atoms with van der Waals surface area (Å²) in [6.07, 6.45) is 0. The molecular weight excluding hydrogens is 193 g/mol. The Hall–Kier alpha value is -1.25. The Balaban J connectivity index is 2.79. The van der Waals surface area contributed by atoms with Crippen molar-refractivity contribution in [3.05, 3.63) is 24.0 Å². The normalized spacial score (nSPS) is 10.5. The van der Waals surface area contributed by atoms with E-state index in [9.17, 15) is 4.39 Å². The Bertz CT molecular complexity index is 323. The van der Waals surface area contributed by atoms with E-state index < -0.39 is 0 Å². The van der Waals surface area contributed by atoms with Crippen molar-refractivity contribution < 1.29 is 9.13 Å². The topological polar surface area (TPSA) is 12.5 Å². The monoisotopic (exact) mass is 211 g/mol. The summed E-state index contributed by atoms with van der Waals surface area (Å²) < 4.78 is 18.7. The molecule has 1 aromatic carbocycles.